The Bertz CT molecular complexity index is 588. The largest absolute Gasteiger partial charge is 0.368 e. The summed E-state index contributed by atoms with van der Waals surface area (Å²) in [6, 6.07) is 4.11. The van der Waals surface area contributed by atoms with Gasteiger partial charge in [-0.05, 0) is 54.5 Å². The quantitative estimate of drug-likeness (QED) is 0.861. The summed E-state index contributed by atoms with van der Waals surface area (Å²) in [5.74, 6) is 0. The van der Waals surface area contributed by atoms with E-state index in [1.165, 1.54) is 4.88 Å². The van der Waals surface area contributed by atoms with Gasteiger partial charge in [-0.2, -0.15) is 0 Å². The van der Waals surface area contributed by atoms with Gasteiger partial charge < -0.3 is 10.4 Å². The van der Waals surface area contributed by atoms with E-state index in [-0.39, 0.29) is 0 Å². The highest BCUT2D eigenvalue weighted by molar-refractivity contribution is 7.11. The summed E-state index contributed by atoms with van der Waals surface area (Å²) in [6.45, 7) is 1.78. The third-order valence-corrected chi connectivity index (χ3v) is 4.15. The Labute approximate surface area is 117 Å². The molecule has 0 radical (unpaired) electrons. The van der Waals surface area contributed by atoms with Crippen LogP contribution in [0.4, 0.5) is 0 Å². The monoisotopic (exact) mass is 271 g/mol. The van der Waals surface area contributed by atoms with Gasteiger partial charge in [0.1, 0.15) is 0 Å². The number of nitrogens with one attached hydrogen (secondary N) is 1. The Morgan fingerprint density at radius 2 is 2.21 bits per heavy atom. The van der Waals surface area contributed by atoms with E-state index in [9.17, 15) is 5.11 Å². The molecule has 1 atom stereocenters. The fraction of sp³-hybridized carbons (Fsp3) is 0.250. The molecule has 98 valence electrons. The van der Waals surface area contributed by atoms with Crippen molar-refractivity contribution in [2.24, 2.45) is 0 Å². The van der Waals surface area contributed by atoms with Crippen LogP contribution in [0.5, 0.6) is 0 Å². The molecule has 2 heterocycles. The first-order valence-electron chi connectivity index (χ1n) is 6.50. The van der Waals surface area contributed by atoms with E-state index in [2.05, 4.69) is 41.1 Å². The molecule has 0 amide bonds. The number of dihydropyridines is 1. The zero-order valence-electron chi connectivity index (χ0n) is 10.9. The summed E-state index contributed by atoms with van der Waals surface area (Å²) in [6.07, 6.45) is 12.7. The van der Waals surface area contributed by atoms with E-state index in [0.29, 0.717) is 0 Å². The summed E-state index contributed by atoms with van der Waals surface area (Å²) < 4.78 is 0. The number of rotatable bonds is 2. The normalized spacial score (nSPS) is 26.3. The molecule has 1 unspecified atom stereocenters. The summed E-state index contributed by atoms with van der Waals surface area (Å²) in [4.78, 5) is 1.18. The minimum Gasteiger partial charge on any atom is -0.368 e. The Balaban J connectivity index is 1.99. The molecule has 2 aliphatic rings. The van der Waals surface area contributed by atoms with Gasteiger partial charge in [0.2, 0.25) is 0 Å². The molecule has 2 nitrogen and oxygen atoms in total. The predicted octanol–water partition coefficient (Wildman–Crippen LogP) is 3.60. The average molecular weight is 271 g/mol. The van der Waals surface area contributed by atoms with Crippen molar-refractivity contribution in [2.45, 2.75) is 25.5 Å². The molecule has 3 heteroatoms. The van der Waals surface area contributed by atoms with Crippen LogP contribution in [-0.4, -0.2) is 10.8 Å². The first-order valence-corrected chi connectivity index (χ1v) is 7.38. The molecule has 1 aliphatic heterocycles. The van der Waals surface area contributed by atoms with Crippen molar-refractivity contribution in [1.29, 1.82) is 0 Å². The lowest BCUT2D eigenvalue weighted by Gasteiger charge is -2.30. The number of hydrogen-bond donors (Lipinski definition) is 2. The van der Waals surface area contributed by atoms with Gasteiger partial charge in [0, 0.05) is 10.6 Å². The van der Waals surface area contributed by atoms with Crippen molar-refractivity contribution in [3.05, 3.63) is 64.0 Å². The van der Waals surface area contributed by atoms with E-state index in [1.54, 1.807) is 18.3 Å². The maximum Gasteiger partial charge on any atom is 0.152 e. The summed E-state index contributed by atoms with van der Waals surface area (Å²) in [5.41, 5.74) is 2.23. The molecule has 1 aromatic rings. The summed E-state index contributed by atoms with van der Waals surface area (Å²) >= 11 is 1.69. The molecule has 0 bridgehead atoms. The van der Waals surface area contributed by atoms with E-state index in [0.717, 1.165) is 29.7 Å². The lowest BCUT2D eigenvalue weighted by atomic mass is 9.96. The van der Waals surface area contributed by atoms with Crippen LogP contribution in [0.25, 0.3) is 5.57 Å². The van der Waals surface area contributed by atoms with Crippen LogP contribution in [0.1, 0.15) is 24.6 Å². The number of allylic oxidation sites excluding steroid dienone is 5. The van der Waals surface area contributed by atoms with Gasteiger partial charge in [-0.15, -0.1) is 11.3 Å². The van der Waals surface area contributed by atoms with Crippen molar-refractivity contribution in [1.82, 2.24) is 5.32 Å². The molecule has 3 rings (SSSR count). The van der Waals surface area contributed by atoms with Gasteiger partial charge in [-0.25, -0.2) is 0 Å². The Morgan fingerprint density at radius 1 is 1.32 bits per heavy atom. The Morgan fingerprint density at radius 3 is 2.89 bits per heavy atom. The van der Waals surface area contributed by atoms with Crippen LogP contribution >= 0.6 is 11.3 Å². The first-order chi connectivity index (χ1) is 9.14. The molecule has 2 N–H and O–H groups in total. The van der Waals surface area contributed by atoms with Gasteiger partial charge in [0.05, 0.1) is 0 Å². The minimum absolute atomic E-state index is 0.992. The maximum absolute atomic E-state index is 10.4. The van der Waals surface area contributed by atoms with E-state index >= 15 is 0 Å². The third-order valence-electron chi connectivity index (χ3n) is 3.24. The van der Waals surface area contributed by atoms with Gasteiger partial charge in [-0.3, -0.25) is 0 Å². The molecule has 1 aromatic heterocycles. The van der Waals surface area contributed by atoms with Crippen LogP contribution in [-0.2, 0) is 0 Å². The molecular formula is C16H17NOS. The van der Waals surface area contributed by atoms with Crippen LogP contribution in [0.15, 0.2) is 59.2 Å². The number of thiophene rings is 1. The van der Waals surface area contributed by atoms with E-state index < -0.39 is 5.72 Å². The van der Waals surface area contributed by atoms with Crippen molar-refractivity contribution in [2.75, 3.05) is 0 Å². The summed E-state index contributed by atoms with van der Waals surface area (Å²) in [7, 11) is 0. The smallest absolute Gasteiger partial charge is 0.152 e. The van der Waals surface area contributed by atoms with Gasteiger partial charge in [0.25, 0.3) is 0 Å². The van der Waals surface area contributed by atoms with Gasteiger partial charge in [0.15, 0.2) is 5.72 Å². The second-order valence-electron chi connectivity index (χ2n) is 5.05. The SMILES string of the molecule is CC1(O)C=C(c2cccs2)C=C(C2=CCCC=C2)N1. The minimum atomic E-state index is -1.00. The topological polar surface area (TPSA) is 32.3 Å². The first kappa shape index (κ1) is 12.5. The average Bonchev–Trinajstić information content (AvgIpc) is 2.92. The lowest BCUT2D eigenvalue weighted by molar-refractivity contribution is 0.0855. The molecule has 0 spiro atoms. The van der Waals surface area contributed by atoms with Gasteiger partial charge >= 0.3 is 0 Å². The number of aliphatic hydroxyl groups is 1. The third kappa shape index (κ3) is 2.72. The lowest BCUT2D eigenvalue weighted by Crippen LogP contribution is -2.42. The van der Waals surface area contributed by atoms with E-state index in [1.807, 2.05) is 12.1 Å². The number of hydrogen-bond acceptors (Lipinski definition) is 3. The van der Waals surface area contributed by atoms with E-state index in [4.69, 9.17) is 0 Å². The predicted molar refractivity (Wildman–Crippen MR) is 80.6 cm³/mol. The molecule has 0 aromatic carbocycles. The molecule has 0 saturated heterocycles. The molecule has 1 aliphatic carbocycles. The van der Waals surface area contributed by atoms with Crippen molar-refractivity contribution in [3.8, 4) is 0 Å². The van der Waals surface area contributed by atoms with Crippen LogP contribution in [0.3, 0.4) is 0 Å². The fourth-order valence-electron chi connectivity index (χ4n) is 2.40. The van der Waals surface area contributed by atoms with Gasteiger partial charge in [-0.1, -0.05) is 24.3 Å². The molecule has 0 fully saturated rings. The zero-order valence-corrected chi connectivity index (χ0v) is 11.7. The fourth-order valence-corrected chi connectivity index (χ4v) is 3.11. The standard InChI is InChI=1S/C16H17NOS/c1-16(18)11-13(15-8-5-9-19-15)10-14(17-16)12-6-3-2-4-7-12/h3,5-11,17-18H,2,4H2,1H3. The maximum atomic E-state index is 10.4. The van der Waals surface area contributed by atoms with Crippen LogP contribution < -0.4 is 5.32 Å². The second kappa shape index (κ2) is 4.83. The van der Waals surface area contributed by atoms with Crippen molar-refractivity contribution < 1.29 is 5.11 Å². The summed E-state index contributed by atoms with van der Waals surface area (Å²) in [5, 5.41) is 15.6. The highest BCUT2D eigenvalue weighted by Gasteiger charge is 2.25. The Hall–Kier alpha value is -1.58. The van der Waals surface area contributed by atoms with Crippen molar-refractivity contribution in [3.63, 3.8) is 0 Å². The highest BCUT2D eigenvalue weighted by atomic mass is 32.1. The highest BCUT2D eigenvalue weighted by Crippen LogP contribution is 2.31. The zero-order chi connectivity index (χ0) is 13.3. The Kier molecular flexibility index (Phi) is 3.17. The molecular weight excluding hydrogens is 254 g/mol. The van der Waals surface area contributed by atoms with Crippen LogP contribution in [0, 0.1) is 0 Å². The van der Waals surface area contributed by atoms with Crippen LogP contribution in [0.2, 0.25) is 0 Å². The molecule has 0 saturated carbocycles. The second-order valence-corrected chi connectivity index (χ2v) is 5.99. The van der Waals surface area contributed by atoms with Crippen molar-refractivity contribution >= 4 is 16.9 Å². The molecule has 19 heavy (non-hydrogen) atoms.